The molecule has 7 heteroatoms. The monoisotopic (exact) mass is 251 g/mol. The van der Waals surface area contributed by atoms with Crippen LogP contribution in [0, 0.1) is 0 Å². The molecule has 2 aliphatic heterocycles. The molecular formula is C11H17N5O2. The van der Waals surface area contributed by atoms with E-state index in [9.17, 15) is 0 Å². The lowest BCUT2D eigenvalue weighted by atomic mass is 10.3. The lowest BCUT2D eigenvalue weighted by Crippen LogP contribution is -2.35. The largest absolute Gasteiger partial charge is 0.382 e. The van der Waals surface area contributed by atoms with Crippen LogP contribution in [0.15, 0.2) is 6.33 Å². The molecule has 2 aliphatic rings. The third-order valence-corrected chi connectivity index (χ3v) is 3.09. The smallest absolute Gasteiger partial charge is 0.163 e. The molecule has 0 aromatic carbocycles. The van der Waals surface area contributed by atoms with E-state index in [2.05, 4.69) is 20.2 Å². The van der Waals surface area contributed by atoms with E-state index in [1.54, 1.807) is 0 Å². The number of hydrogen-bond acceptors (Lipinski definition) is 7. The fraction of sp³-hybridized carbons (Fsp3) is 0.636. The minimum atomic E-state index is -0.495. The number of nitrogens with two attached hydrogens (primary N) is 1. The predicted molar refractivity (Wildman–Crippen MR) is 67.2 cm³/mol. The van der Waals surface area contributed by atoms with E-state index in [0.717, 1.165) is 18.1 Å². The van der Waals surface area contributed by atoms with Crippen LogP contribution in [-0.4, -0.2) is 41.7 Å². The molecule has 3 N–H and O–H groups in total. The minimum absolute atomic E-state index is 0.0453. The van der Waals surface area contributed by atoms with Gasteiger partial charge in [0.25, 0.3) is 0 Å². The Morgan fingerprint density at radius 2 is 2.39 bits per heavy atom. The number of nitrogens with zero attached hydrogens (tertiary/aromatic N) is 3. The first-order valence-electron chi connectivity index (χ1n) is 5.96. The SMILES string of the molecule is CC1(C)OC[C@H](CN2CNc3c(N)ncnc32)O1. The molecule has 1 atom stereocenters. The van der Waals surface area contributed by atoms with Gasteiger partial charge in [-0.15, -0.1) is 0 Å². The molecule has 1 fully saturated rings. The van der Waals surface area contributed by atoms with Gasteiger partial charge in [-0.05, 0) is 13.8 Å². The average Bonchev–Trinajstić information content (AvgIpc) is 2.85. The molecular weight excluding hydrogens is 234 g/mol. The van der Waals surface area contributed by atoms with Crippen molar-refractivity contribution >= 4 is 17.3 Å². The summed E-state index contributed by atoms with van der Waals surface area (Å²) >= 11 is 0. The fourth-order valence-corrected chi connectivity index (χ4v) is 2.30. The van der Waals surface area contributed by atoms with Crippen molar-refractivity contribution in [2.45, 2.75) is 25.7 Å². The van der Waals surface area contributed by atoms with Crippen molar-refractivity contribution in [3.8, 4) is 0 Å². The zero-order chi connectivity index (χ0) is 12.8. The van der Waals surface area contributed by atoms with E-state index in [-0.39, 0.29) is 6.10 Å². The van der Waals surface area contributed by atoms with E-state index >= 15 is 0 Å². The number of ether oxygens (including phenoxy) is 2. The van der Waals surface area contributed by atoms with Crippen LogP contribution in [0.3, 0.4) is 0 Å². The summed E-state index contributed by atoms with van der Waals surface area (Å²) in [5.41, 5.74) is 6.59. The molecule has 7 nitrogen and oxygen atoms in total. The standard InChI is InChI=1S/C11H17N5O2/c1-11(2)17-4-7(18-11)3-16-6-15-8-9(12)13-5-14-10(8)16/h5,7,15H,3-4,6H2,1-2H3,(H2,12,13,14)/t7-/m0/s1. The van der Waals surface area contributed by atoms with Crippen LogP contribution in [0.4, 0.5) is 17.3 Å². The number of anilines is 3. The highest BCUT2D eigenvalue weighted by Gasteiger charge is 2.35. The molecule has 0 amide bonds. The van der Waals surface area contributed by atoms with Gasteiger partial charge in [-0.1, -0.05) is 0 Å². The zero-order valence-electron chi connectivity index (χ0n) is 10.5. The molecule has 0 radical (unpaired) electrons. The van der Waals surface area contributed by atoms with E-state index in [0.29, 0.717) is 19.1 Å². The number of fused-ring (bicyclic) bond motifs is 1. The lowest BCUT2D eigenvalue weighted by Gasteiger charge is -2.22. The highest BCUT2D eigenvalue weighted by atomic mass is 16.7. The Morgan fingerprint density at radius 3 is 3.11 bits per heavy atom. The van der Waals surface area contributed by atoms with Crippen LogP contribution < -0.4 is 16.0 Å². The molecule has 1 saturated heterocycles. The van der Waals surface area contributed by atoms with Crippen molar-refractivity contribution in [3.63, 3.8) is 0 Å². The van der Waals surface area contributed by atoms with Crippen molar-refractivity contribution in [2.75, 3.05) is 35.8 Å². The van der Waals surface area contributed by atoms with Crippen molar-refractivity contribution < 1.29 is 9.47 Å². The van der Waals surface area contributed by atoms with Gasteiger partial charge in [-0.25, -0.2) is 9.97 Å². The van der Waals surface area contributed by atoms with Gasteiger partial charge < -0.3 is 25.4 Å². The maximum Gasteiger partial charge on any atom is 0.163 e. The van der Waals surface area contributed by atoms with E-state index in [1.165, 1.54) is 6.33 Å². The van der Waals surface area contributed by atoms with Crippen LogP contribution in [0.1, 0.15) is 13.8 Å². The summed E-state index contributed by atoms with van der Waals surface area (Å²) in [6, 6.07) is 0. The molecule has 3 heterocycles. The Bertz CT molecular complexity index is 465. The van der Waals surface area contributed by atoms with E-state index in [1.807, 2.05) is 13.8 Å². The molecule has 98 valence electrons. The topological polar surface area (TPSA) is 85.5 Å². The average molecular weight is 251 g/mol. The van der Waals surface area contributed by atoms with Gasteiger partial charge in [0.15, 0.2) is 17.4 Å². The van der Waals surface area contributed by atoms with Gasteiger partial charge in [0.2, 0.25) is 0 Å². The number of rotatable bonds is 2. The second-order valence-corrected chi connectivity index (χ2v) is 4.97. The summed E-state index contributed by atoms with van der Waals surface area (Å²) in [4.78, 5) is 10.3. The first kappa shape index (κ1) is 11.5. The first-order chi connectivity index (χ1) is 8.55. The zero-order valence-corrected chi connectivity index (χ0v) is 10.5. The summed E-state index contributed by atoms with van der Waals surface area (Å²) in [7, 11) is 0. The highest BCUT2D eigenvalue weighted by molar-refractivity contribution is 5.79. The predicted octanol–water partition coefficient (Wildman–Crippen LogP) is 0.400. The van der Waals surface area contributed by atoms with E-state index < -0.39 is 5.79 Å². The van der Waals surface area contributed by atoms with Gasteiger partial charge >= 0.3 is 0 Å². The molecule has 0 unspecified atom stereocenters. The minimum Gasteiger partial charge on any atom is -0.382 e. The van der Waals surface area contributed by atoms with Crippen LogP contribution in [-0.2, 0) is 9.47 Å². The molecule has 0 aliphatic carbocycles. The summed E-state index contributed by atoms with van der Waals surface area (Å²) in [6.07, 6.45) is 1.52. The van der Waals surface area contributed by atoms with Crippen LogP contribution >= 0.6 is 0 Å². The van der Waals surface area contributed by atoms with Gasteiger partial charge in [0.1, 0.15) is 18.1 Å². The maximum atomic E-state index is 5.79. The quantitative estimate of drug-likeness (QED) is 0.786. The normalized spacial score (nSPS) is 25.0. The number of nitrogens with one attached hydrogen (secondary N) is 1. The Hall–Kier alpha value is -1.60. The Balaban J connectivity index is 1.72. The third kappa shape index (κ3) is 1.95. The third-order valence-electron chi connectivity index (χ3n) is 3.09. The summed E-state index contributed by atoms with van der Waals surface area (Å²) in [5.74, 6) is 0.813. The summed E-state index contributed by atoms with van der Waals surface area (Å²) < 4.78 is 11.3. The Kier molecular flexibility index (Phi) is 2.53. The summed E-state index contributed by atoms with van der Waals surface area (Å²) in [5, 5.41) is 3.19. The Labute approximate surface area is 105 Å². The van der Waals surface area contributed by atoms with Gasteiger partial charge in [0, 0.05) is 6.54 Å². The summed E-state index contributed by atoms with van der Waals surface area (Å²) in [6.45, 7) is 5.82. The van der Waals surface area contributed by atoms with Crippen molar-refractivity contribution in [3.05, 3.63) is 6.33 Å². The van der Waals surface area contributed by atoms with Crippen LogP contribution in [0.25, 0.3) is 0 Å². The number of hydrogen-bond donors (Lipinski definition) is 2. The van der Waals surface area contributed by atoms with Crippen molar-refractivity contribution in [1.82, 2.24) is 9.97 Å². The molecule has 0 bridgehead atoms. The van der Waals surface area contributed by atoms with Gasteiger partial charge in [-0.2, -0.15) is 0 Å². The molecule has 1 aromatic rings. The Morgan fingerprint density at radius 1 is 1.56 bits per heavy atom. The second kappa shape index (κ2) is 3.96. The van der Waals surface area contributed by atoms with Gasteiger partial charge in [-0.3, -0.25) is 0 Å². The number of nitrogen functional groups attached to an aromatic ring is 1. The van der Waals surface area contributed by atoms with Crippen LogP contribution in [0.2, 0.25) is 0 Å². The first-order valence-corrected chi connectivity index (χ1v) is 5.96. The number of aromatic nitrogens is 2. The van der Waals surface area contributed by atoms with Crippen molar-refractivity contribution in [2.24, 2.45) is 0 Å². The second-order valence-electron chi connectivity index (χ2n) is 4.97. The van der Waals surface area contributed by atoms with Crippen molar-refractivity contribution in [1.29, 1.82) is 0 Å². The molecule has 1 aromatic heterocycles. The van der Waals surface area contributed by atoms with Gasteiger partial charge in [0.05, 0.1) is 13.3 Å². The highest BCUT2D eigenvalue weighted by Crippen LogP contribution is 2.33. The molecule has 0 spiro atoms. The van der Waals surface area contributed by atoms with Crippen LogP contribution in [0.5, 0.6) is 0 Å². The molecule has 18 heavy (non-hydrogen) atoms. The van der Waals surface area contributed by atoms with E-state index in [4.69, 9.17) is 15.2 Å². The molecule has 0 saturated carbocycles. The lowest BCUT2D eigenvalue weighted by molar-refractivity contribution is -0.137. The maximum absolute atomic E-state index is 5.79. The molecule has 3 rings (SSSR count). The fourth-order valence-electron chi connectivity index (χ4n) is 2.30.